The van der Waals surface area contributed by atoms with Crippen LogP contribution in [-0.2, 0) is 19.2 Å². The molecule has 9 nitrogen and oxygen atoms in total. The summed E-state index contributed by atoms with van der Waals surface area (Å²) in [6.45, 7) is 9.02. The third-order valence-corrected chi connectivity index (χ3v) is 4.32. The average molecular weight is 419 g/mol. The zero-order chi connectivity index (χ0) is 22.0. The molecule has 162 valence electrons. The molecular weight excluding hydrogens is 384 g/mol. The van der Waals surface area contributed by atoms with Gasteiger partial charge in [0, 0.05) is 5.75 Å². The van der Waals surface area contributed by atoms with Crippen molar-refractivity contribution >= 4 is 36.3 Å². The third kappa shape index (κ3) is 9.93. The van der Waals surface area contributed by atoms with Gasteiger partial charge in [0.1, 0.15) is 18.1 Å². The number of rotatable bonds is 12. The second kappa shape index (κ2) is 12.6. The summed E-state index contributed by atoms with van der Waals surface area (Å²) in [6, 6.07) is -3.73. The second-order valence-corrected chi connectivity index (χ2v) is 8.10. The Morgan fingerprint density at radius 1 is 0.821 bits per heavy atom. The molecule has 0 bridgehead atoms. The zero-order valence-corrected chi connectivity index (χ0v) is 18.1. The maximum Gasteiger partial charge on any atom is 0.326 e. The van der Waals surface area contributed by atoms with Gasteiger partial charge >= 0.3 is 5.97 Å². The Kier molecular flexibility index (Phi) is 11.8. The Bertz CT molecular complexity index is 556. The Balaban J connectivity index is 4.81. The van der Waals surface area contributed by atoms with Crippen molar-refractivity contribution in [3.63, 3.8) is 0 Å². The molecule has 4 atom stereocenters. The van der Waals surface area contributed by atoms with E-state index in [9.17, 15) is 24.3 Å². The molecule has 0 heterocycles. The van der Waals surface area contributed by atoms with E-state index in [1.54, 1.807) is 0 Å². The van der Waals surface area contributed by atoms with E-state index in [1.165, 1.54) is 6.92 Å². The van der Waals surface area contributed by atoms with Gasteiger partial charge in [-0.05, 0) is 31.6 Å². The molecule has 0 rings (SSSR count). The molecule has 0 saturated carbocycles. The van der Waals surface area contributed by atoms with Crippen LogP contribution in [0.15, 0.2) is 0 Å². The lowest BCUT2D eigenvalue weighted by Crippen LogP contribution is -2.57. The van der Waals surface area contributed by atoms with Crippen molar-refractivity contribution in [3.8, 4) is 0 Å². The summed E-state index contributed by atoms with van der Waals surface area (Å²) in [4.78, 5) is 48.0. The van der Waals surface area contributed by atoms with E-state index >= 15 is 0 Å². The molecular formula is C18H34N4O5S. The van der Waals surface area contributed by atoms with Crippen LogP contribution in [0.25, 0.3) is 0 Å². The number of carbonyl (C=O) groups is 4. The van der Waals surface area contributed by atoms with E-state index in [-0.39, 0.29) is 24.0 Å². The summed E-state index contributed by atoms with van der Waals surface area (Å²) in [5, 5.41) is 16.6. The van der Waals surface area contributed by atoms with Crippen LogP contribution in [0.1, 0.15) is 47.5 Å². The highest BCUT2D eigenvalue weighted by Crippen LogP contribution is 2.06. The number of carbonyl (C=O) groups excluding carboxylic acids is 3. The Morgan fingerprint density at radius 3 is 1.75 bits per heavy atom. The van der Waals surface area contributed by atoms with E-state index in [1.807, 2.05) is 27.7 Å². The first-order valence-electron chi connectivity index (χ1n) is 9.39. The number of nitrogens with one attached hydrogen (secondary N) is 3. The van der Waals surface area contributed by atoms with Crippen LogP contribution >= 0.6 is 12.6 Å². The van der Waals surface area contributed by atoms with Gasteiger partial charge in [0.25, 0.3) is 0 Å². The number of amides is 3. The molecule has 10 heteroatoms. The minimum Gasteiger partial charge on any atom is -0.480 e. The molecule has 0 aliphatic carbocycles. The van der Waals surface area contributed by atoms with Gasteiger partial charge in [-0.3, -0.25) is 14.4 Å². The van der Waals surface area contributed by atoms with E-state index in [0.717, 1.165) is 0 Å². The number of hydrogen-bond acceptors (Lipinski definition) is 6. The van der Waals surface area contributed by atoms with Gasteiger partial charge in [0.15, 0.2) is 0 Å². The minimum absolute atomic E-state index is 0.0287. The maximum atomic E-state index is 12.3. The van der Waals surface area contributed by atoms with Crippen LogP contribution in [0.5, 0.6) is 0 Å². The Morgan fingerprint density at radius 2 is 1.32 bits per heavy atom. The van der Waals surface area contributed by atoms with Gasteiger partial charge in [-0.1, -0.05) is 27.7 Å². The molecule has 0 spiro atoms. The van der Waals surface area contributed by atoms with Crippen molar-refractivity contribution in [2.75, 3.05) is 5.75 Å². The first kappa shape index (κ1) is 26.2. The molecule has 0 aromatic rings. The molecule has 28 heavy (non-hydrogen) atoms. The zero-order valence-electron chi connectivity index (χ0n) is 17.2. The highest BCUT2D eigenvalue weighted by Gasteiger charge is 2.28. The highest BCUT2D eigenvalue weighted by atomic mass is 32.1. The van der Waals surface area contributed by atoms with E-state index in [4.69, 9.17) is 5.73 Å². The quantitative estimate of drug-likeness (QED) is 0.244. The van der Waals surface area contributed by atoms with E-state index in [2.05, 4.69) is 28.6 Å². The van der Waals surface area contributed by atoms with Crippen molar-refractivity contribution in [2.45, 2.75) is 71.6 Å². The molecule has 0 saturated heterocycles. The lowest BCUT2D eigenvalue weighted by atomic mass is 10.0. The van der Waals surface area contributed by atoms with E-state index in [0.29, 0.717) is 6.42 Å². The summed E-state index contributed by atoms with van der Waals surface area (Å²) in [6.07, 6.45) is 0.739. The van der Waals surface area contributed by atoms with Crippen LogP contribution in [0.2, 0.25) is 0 Å². The fourth-order valence-electron chi connectivity index (χ4n) is 2.46. The summed E-state index contributed by atoms with van der Waals surface area (Å²) >= 11 is 4.05. The fourth-order valence-corrected chi connectivity index (χ4v) is 2.71. The van der Waals surface area contributed by atoms with Crippen LogP contribution < -0.4 is 21.7 Å². The van der Waals surface area contributed by atoms with Gasteiger partial charge < -0.3 is 26.8 Å². The predicted octanol–water partition coefficient (Wildman–Crippen LogP) is -0.105. The van der Waals surface area contributed by atoms with Crippen molar-refractivity contribution in [1.29, 1.82) is 0 Å². The van der Waals surface area contributed by atoms with Crippen molar-refractivity contribution in [2.24, 2.45) is 17.6 Å². The lowest BCUT2D eigenvalue weighted by molar-refractivity contribution is -0.142. The molecule has 0 aromatic carbocycles. The van der Waals surface area contributed by atoms with Crippen LogP contribution in [-0.4, -0.2) is 58.7 Å². The molecule has 0 aliphatic rings. The van der Waals surface area contributed by atoms with Crippen LogP contribution in [0, 0.1) is 11.8 Å². The van der Waals surface area contributed by atoms with Crippen molar-refractivity contribution in [1.82, 2.24) is 16.0 Å². The molecule has 6 N–H and O–H groups in total. The summed E-state index contributed by atoms with van der Waals surface area (Å²) in [5.74, 6) is -2.57. The van der Waals surface area contributed by atoms with Gasteiger partial charge in [0.05, 0.1) is 6.04 Å². The SMILES string of the molecule is CC(C)CC(N)C(=O)NC(C)C(=O)NC(CS)C(=O)NC(CC(C)C)C(=O)O. The molecule has 0 aromatic heterocycles. The van der Waals surface area contributed by atoms with Gasteiger partial charge in [-0.25, -0.2) is 4.79 Å². The third-order valence-electron chi connectivity index (χ3n) is 3.95. The monoisotopic (exact) mass is 418 g/mol. The average Bonchev–Trinajstić information content (AvgIpc) is 2.57. The molecule has 3 amide bonds. The summed E-state index contributed by atoms with van der Waals surface area (Å²) in [5.41, 5.74) is 5.79. The smallest absolute Gasteiger partial charge is 0.326 e. The first-order valence-corrected chi connectivity index (χ1v) is 10.0. The highest BCUT2D eigenvalue weighted by molar-refractivity contribution is 7.80. The van der Waals surface area contributed by atoms with Gasteiger partial charge in [-0.2, -0.15) is 12.6 Å². The van der Waals surface area contributed by atoms with Crippen LogP contribution in [0.3, 0.4) is 0 Å². The lowest BCUT2D eigenvalue weighted by Gasteiger charge is -2.23. The predicted molar refractivity (Wildman–Crippen MR) is 110 cm³/mol. The van der Waals surface area contributed by atoms with Crippen molar-refractivity contribution < 1.29 is 24.3 Å². The number of aliphatic carboxylic acids is 1. The first-order chi connectivity index (χ1) is 12.9. The number of carboxylic acids is 1. The topological polar surface area (TPSA) is 151 Å². The standard InChI is InChI=1S/C18H34N4O5S/c1-9(2)6-12(19)16(24)20-11(5)15(23)22-14(8-28)17(25)21-13(18(26)27)7-10(3)4/h9-14,28H,6-8,19H2,1-5H3,(H,20,24)(H,21,25)(H,22,23)(H,26,27). The van der Waals surface area contributed by atoms with Crippen molar-refractivity contribution in [3.05, 3.63) is 0 Å². The molecule has 0 radical (unpaired) electrons. The van der Waals surface area contributed by atoms with Gasteiger partial charge in [-0.15, -0.1) is 0 Å². The fraction of sp³-hybridized carbons (Fsp3) is 0.778. The number of nitrogens with two attached hydrogens (primary N) is 1. The maximum absolute atomic E-state index is 12.3. The van der Waals surface area contributed by atoms with Crippen LogP contribution in [0.4, 0.5) is 0 Å². The van der Waals surface area contributed by atoms with Gasteiger partial charge in [0.2, 0.25) is 17.7 Å². The normalized spacial score (nSPS) is 15.5. The van der Waals surface area contributed by atoms with E-state index < -0.39 is 47.9 Å². The molecule has 0 fully saturated rings. The Labute approximate surface area is 172 Å². The summed E-state index contributed by atoms with van der Waals surface area (Å²) < 4.78 is 0. The summed E-state index contributed by atoms with van der Waals surface area (Å²) in [7, 11) is 0. The Hall–Kier alpha value is -1.81. The molecule has 0 aliphatic heterocycles. The molecule has 4 unspecified atom stereocenters. The number of carboxylic acid groups (broad SMARTS) is 1. The largest absolute Gasteiger partial charge is 0.480 e. The minimum atomic E-state index is -1.15. The number of hydrogen-bond donors (Lipinski definition) is 6. The second-order valence-electron chi connectivity index (χ2n) is 7.74. The number of thiol groups is 1.